The van der Waals surface area contributed by atoms with Gasteiger partial charge in [-0.15, -0.1) is 0 Å². The van der Waals surface area contributed by atoms with E-state index in [1.165, 1.54) is 63.1 Å². The number of para-hydroxylation sites is 1. The molecule has 1 aromatic carbocycles. The van der Waals surface area contributed by atoms with Crippen LogP contribution in [0.5, 0.6) is 0 Å². The minimum absolute atomic E-state index is 0.834. The van der Waals surface area contributed by atoms with E-state index in [1.54, 1.807) is 0 Å². The molecule has 0 aliphatic carbocycles. The molecule has 2 fully saturated rings. The summed E-state index contributed by atoms with van der Waals surface area (Å²) in [7, 11) is 2.23. The maximum Gasteiger partial charge on any atom is 0.0385 e. The average Bonchev–Trinajstić information content (AvgIpc) is 3.01. The molecule has 3 rings (SSSR count). The second-order valence-electron chi connectivity index (χ2n) is 6.77. The first-order chi connectivity index (χ1) is 10.3. The summed E-state index contributed by atoms with van der Waals surface area (Å²) in [5.74, 6) is 0.834. The van der Waals surface area contributed by atoms with Crippen molar-refractivity contribution in [3.8, 4) is 0 Å². The Kier molecular flexibility index (Phi) is 5.15. The minimum atomic E-state index is 0.834. The summed E-state index contributed by atoms with van der Waals surface area (Å²) < 4.78 is 0. The Hall–Kier alpha value is -1.06. The van der Waals surface area contributed by atoms with Crippen molar-refractivity contribution >= 4 is 5.69 Å². The third-order valence-electron chi connectivity index (χ3n) is 5.03. The normalized spacial score (nSPS) is 21.8. The molecule has 2 saturated heterocycles. The number of likely N-dealkylation sites (tertiary alicyclic amines) is 2. The van der Waals surface area contributed by atoms with Gasteiger partial charge >= 0.3 is 0 Å². The number of rotatable bonds is 5. The third-order valence-corrected chi connectivity index (χ3v) is 5.03. The molecule has 1 N–H and O–H groups in total. The zero-order valence-corrected chi connectivity index (χ0v) is 13.4. The summed E-state index contributed by atoms with van der Waals surface area (Å²) in [6.45, 7) is 7.28. The zero-order valence-electron chi connectivity index (χ0n) is 13.4. The van der Waals surface area contributed by atoms with Gasteiger partial charge < -0.3 is 10.2 Å². The standard InChI is InChI=1S/C18H29N3/c1-20-12-8-16(9-13-20)14-19-18-7-3-2-6-17(18)15-21-10-4-5-11-21/h2-3,6-7,16,19H,4-5,8-15H2,1H3. The van der Waals surface area contributed by atoms with Gasteiger partial charge in [0.25, 0.3) is 0 Å². The SMILES string of the molecule is CN1CCC(CNc2ccccc2CN2CCCC2)CC1. The topological polar surface area (TPSA) is 18.5 Å². The van der Waals surface area contributed by atoms with E-state index in [9.17, 15) is 0 Å². The van der Waals surface area contributed by atoms with Crippen molar-refractivity contribution < 1.29 is 0 Å². The largest absolute Gasteiger partial charge is 0.385 e. The molecule has 3 nitrogen and oxygen atoms in total. The van der Waals surface area contributed by atoms with E-state index in [-0.39, 0.29) is 0 Å². The van der Waals surface area contributed by atoms with Crippen molar-refractivity contribution in [2.75, 3.05) is 45.1 Å². The molecule has 116 valence electrons. The van der Waals surface area contributed by atoms with Gasteiger partial charge in [0.05, 0.1) is 0 Å². The molecule has 0 spiro atoms. The lowest BCUT2D eigenvalue weighted by Gasteiger charge is -2.29. The highest BCUT2D eigenvalue weighted by molar-refractivity contribution is 5.51. The van der Waals surface area contributed by atoms with Gasteiger partial charge in [0, 0.05) is 18.8 Å². The van der Waals surface area contributed by atoms with Gasteiger partial charge in [0.2, 0.25) is 0 Å². The molecule has 2 aliphatic rings. The number of hydrogen-bond acceptors (Lipinski definition) is 3. The van der Waals surface area contributed by atoms with E-state index in [0.717, 1.165) is 19.0 Å². The number of nitrogens with zero attached hydrogens (tertiary/aromatic N) is 2. The molecular formula is C18H29N3. The minimum Gasteiger partial charge on any atom is -0.385 e. The molecule has 0 amide bonds. The Bertz CT molecular complexity index is 432. The lowest BCUT2D eigenvalue weighted by Crippen LogP contribution is -2.33. The maximum atomic E-state index is 3.73. The first-order valence-electron chi connectivity index (χ1n) is 8.54. The van der Waals surface area contributed by atoms with Crippen LogP contribution >= 0.6 is 0 Å². The first kappa shape index (κ1) is 14.9. The highest BCUT2D eigenvalue weighted by Gasteiger charge is 2.17. The summed E-state index contributed by atoms with van der Waals surface area (Å²) in [5, 5.41) is 3.73. The summed E-state index contributed by atoms with van der Waals surface area (Å²) in [5.41, 5.74) is 2.82. The van der Waals surface area contributed by atoms with Crippen molar-refractivity contribution in [3.63, 3.8) is 0 Å². The van der Waals surface area contributed by atoms with Crippen molar-refractivity contribution in [3.05, 3.63) is 29.8 Å². The molecule has 0 bridgehead atoms. The molecule has 3 heteroatoms. The van der Waals surface area contributed by atoms with Crippen LogP contribution in [0.3, 0.4) is 0 Å². The highest BCUT2D eigenvalue weighted by Crippen LogP contribution is 2.22. The van der Waals surface area contributed by atoms with Gasteiger partial charge in [-0.3, -0.25) is 4.90 Å². The molecule has 0 aromatic heterocycles. The summed E-state index contributed by atoms with van der Waals surface area (Å²) in [6, 6.07) is 8.87. The van der Waals surface area contributed by atoms with Crippen LogP contribution in [0, 0.1) is 5.92 Å². The van der Waals surface area contributed by atoms with E-state index < -0.39 is 0 Å². The monoisotopic (exact) mass is 287 g/mol. The Morgan fingerprint density at radius 2 is 1.76 bits per heavy atom. The Morgan fingerprint density at radius 3 is 2.52 bits per heavy atom. The van der Waals surface area contributed by atoms with Crippen LogP contribution in [0.1, 0.15) is 31.2 Å². The summed E-state index contributed by atoms with van der Waals surface area (Å²) >= 11 is 0. The van der Waals surface area contributed by atoms with E-state index in [1.807, 2.05) is 0 Å². The van der Waals surface area contributed by atoms with Crippen LogP contribution < -0.4 is 5.32 Å². The van der Waals surface area contributed by atoms with Gasteiger partial charge in [-0.1, -0.05) is 18.2 Å². The second kappa shape index (κ2) is 7.28. The van der Waals surface area contributed by atoms with Gasteiger partial charge in [-0.05, 0) is 76.5 Å². The number of anilines is 1. The molecular weight excluding hydrogens is 258 g/mol. The van der Waals surface area contributed by atoms with Crippen LogP contribution in [-0.4, -0.2) is 49.6 Å². The highest BCUT2D eigenvalue weighted by atomic mass is 15.1. The predicted octanol–water partition coefficient (Wildman–Crippen LogP) is 3.04. The van der Waals surface area contributed by atoms with Crippen molar-refractivity contribution in [2.45, 2.75) is 32.2 Å². The van der Waals surface area contributed by atoms with E-state index >= 15 is 0 Å². The van der Waals surface area contributed by atoms with Crippen LogP contribution in [-0.2, 0) is 6.54 Å². The maximum absolute atomic E-state index is 3.73. The molecule has 0 unspecified atom stereocenters. The number of benzene rings is 1. The Balaban J connectivity index is 1.54. The fraction of sp³-hybridized carbons (Fsp3) is 0.667. The van der Waals surface area contributed by atoms with Crippen LogP contribution in [0.15, 0.2) is 24.3 Å². The van der Waals surface area contributed by atoms with Gasteiger partial charge in [-0.25, -0.2) is 0 Å². The lowest BCUT2D eigenvalue weighted by atomic mass is 9.97. The Morgan fingerprint density at radius 1 is 1.05 bits per heavy atom. The fourth-order valence-corrected chi connectivity index (χ4v) is 3.53. The molecule has 0 radical (unpaired) electrons. The quantitative estimate of drug-likeness (QED) is 0.898. The van der Waals surface area contributed by atoms with E-state index in [2.05, 4.69) is 46.4 Å². The molecule has 0 saturated carbocycles. The average molecular weight is 287 g/mol. The zero-order chi connectivity index (χ0) is 14.5. The van der Waals surface area contributed by atoms with Crippen LogP contribution in [0.4, 0.5) is 5.69 Å². The molecule has 2 heterocycles. The number of piperidine rings is 1. The Labute approximate surface area is 129 Å². The molecule has 2 aliphatic heterocycles. The molecule has 21 heavy (non-hydrogen) atoms. The molecule has 0 atom stereocenters. The summed E-state index contributed by atoms with van der Waals surface area (Å²) in [6.07, 6.45) is 5.39. The molecule has 1 aromatic rings. The predicted molar refractivity (Wildman–Crippen MR) is 89.7 cm³/mol. The van der Waals surface area contributed by atoms with E-state index in [0.29, 0.717) is 0 Å². The number of hydrogen-bond donors (Lipinski definition) is 1. The van der Waals surface area contributed by atoms with E-state index in [4.69, 9.17) is 0 Å². The first-order valence-corrected chi connectivity index (χ1v) is 8.54. The van der Waals surface area contributed by atoms with Crippen LogP contribution in [0.25, 0.3) is 0 Å². The lowest BCUT2D eigenvalue weighted by molar-refractivity contribution is 0.226. The van der Waals surface area contributed by atoms with Crippen molar-refractivity contribution in [2.24, 2.45) is 5.92 Å². The number of nitrogens with one attached hydrogen (secondary N) is 1. The fourth-order valence-electron chi connectivity index (χ4n) is 3.53. The smallest absolute Gasteiger partial charge is 0.0385 e. The van der Waals surface area contributed by atoms with Gasteiger partial charge in [0.15, 0.2) is 0 Å². The van der Waals surface area contributed by atoms with Crippen molar-refractivity contribution in [1.82, 2.24) is 9.80 Å². The van der Waals surface area contributed by atoms with Gasteiger partial charge in [-0.2, -0.15) is 0 Å². The third kappa shape index (κ3) is 4.21. The second-order valence-corrected chi connectivity index (χ2v) is 6.77. The van der Waals surface area contributed by atoms with Gasteiger partial charge in [0.1, 0.15) is 0 Å². The summed E-state index contributed by atoms with van der Waals surface area (Å²) in [4.78, 5) is 5.02. The van der Waals surface area contributed by atoms with Crippen molar-refractivity contribution in [1.29, 1.82) is 0 Å². The van der Waals surface area contributed by atoms with Crippen LogP contribution in [0.2, 0.25) is 0 Å².